The molecule has 0 saturated carbocycles. The Kier molecular flexibility index (Phi) is 151. The van der Waals surface area contributed by atoms with E-state index in [1.165, 1.54) is 32.1 Å². The molecule has 0 radical (unpaired) electrons. The molecule has 0 unspecified atom stereocenters. The van der Waals surface area contributed by atoms with Gasteiger partial charge in [-0.3, -0.25) is 0 Å². The van der Waals surface area contributed by atoms with Crippen LogP contribution in [0.3, 0.4) is 0 Å². The van der Waals surface area contributed by atoms with E-state index in [1.54, 1.807) is 6.08 Å². The first-order chi connectivity index (χ1) is 10.7. The summed E-state index contributed by atoms with van der Waals surface area (Å²) in [4.78, 5) is 0. The van der Waals surface area contributed by atoms with Gasteiger partial charge in [0, 0.05) is 6.42 Å². The summed E-state index contributed by atoms with van der Waals surface area (Å²) in [5.41, 5.74) is 0. The summed E-state index contributed by atoms with van der Waals surface area (Å²) >= 11 is 0. The number of hydrogen-bond acceptors (Lipinski definition) is 0. The Bertz CT molecular complexity index is 153. The van der Waals surface area contributed by atoms with Crippen LogP contribution in [0, 0.1) is 12.3 Å². The van der Waals surface area contributed by atoms with Crippen molar-refractivity contribution in [2.75, 3.05) is 0 Å². The van der Waals surface area contributed by atoms with E-state index < -0.39 is 0 Å². The lowest BCUT2D eigenvalue weighted by atomic mass is 10.2. The van der Waals surface area contributed by atoms with Gasteiger partial charge in [0.2, 0.25) is 0 Å². The Hall–Kier alpha value is -0.960. The molecule has 0 rings (SSSR count). The van der Waals surface area contributed by atoms with E-state index in [9.17, 15) is 0 Å². The van der Waals surface area contributed by atoms with Crippen LogP contribution < -0.4 is 0 Å². The zero-order valence-electron chi connectivity index (χ0n) is 17.8. The lowest BCUT2D eigenvalue weighted by molar-refractivity contribution is 0.656. The van der Waals surface area contributed by atoms with Crippen molar-refractivity contribution in [1.29, 1.82) is 0 Å². The predicted octanol–water partition coefficient (Wildman–Crippen LogP) is 8.83. The summed E-state index contributed by atoms with van der Waals surface area (Å²) in [6.07, 6.45) is 18.2. The number of rotatable bonds is 5. The summed E-state index contributed by atoms with van der Waals surface area (Å²) < 4.78 is 0. The van der Waals surface area contributed by atoms with Gasteiger partial charge in [-0.2, -0.15) is 0 Å². The van der Waals surface area contributed by atoms with E-state index in [0.717, 1.165) is 6.42 Å². The molecule has 0 heterocycles. The van der Waals surface area contributed by atoms with Crippen molar-refractivity contribution in [2.24, 2.45) is 0 Å². The van der Waals surface area contributed by atoms with Crippen molar-refractivity contribution in [3.05, 3.63) is 24.8 Å². The summed E-state index contributed by atoms with van der Waals surface area (Å²) in [5, 5.41) is 0. The lowest BCUT2D eigenvalue weighted by Gasteiger charge is -1.90. The second-order valence-corrected chi connectivity index (χ2v) is 3.38. The molecule has 0 atom stereocenters. The van der Waals surface area contributed by atoms with Gasteiger partial charge in [-0.1, -0.05) is 119 Å². The predicted molar refractivity (Wildman–Crippen MR) is 113 cm³/mol. The lowest BCUT2D eigenvalue weighted by Crippen LogP contribution is -1.70. The van der Waals surface area contributed by atoms with E-state index in [2.05, 4.69) is 26.3 Å². The van der Waals surface area contributed by atoms with Crippen LogP contribution in [0.4, 0.5) is 0 Å². The first kappa shape index (κ1) is 37.4. The normalized spacial score (nSPS) is 6.77. The summed E-state index contributed by atoms with van der Waals surface area (Å²) in [6, 6.07) is 0. The van der Waals surface area contributed by atoms with Crippen LogP contribution in [0.1, 0.15) is 108 Å². The molecule has 0 fully saturated rings. The molecule has 0 nitrogen and oxygen atoms in total. The van der Waals surface area contributed by atoms with E-state index >= 15 is 0 Å². The zero-order valence-corrected chi connectivity index (χ0v) is 17.8. The van der Waals surface area contributed by atoms with Crippen molar-refractivity contribution >= 4 is 0 Å². The molecule has 0 aliphatic rings. The molecule has 0 aromatic heterocycles. The molecular formula is C22H48. The average Bonchev–Trinajstić information content (AvgIpc) is 2.62. The van der Waals surface area contributed by atoms with Crippen molar-refractivity contribution < 1.29 is 0 Å². The van der Waals surface area contributed by atoms with Crippen molar-refractivity contribution in [2.45, 2.75) is 108 Å². The summed E-state index contributed by atoms with van der Waals surface area (Å²) in [6.45, 7) is 23.9. The minimum absolute atomic E-state index is 0.847. The first-order valence-electron chi connectivity index (χ1n) is 9.42. The monoisotopic (exact) mass is 312 g/mol. The highest BCUT2D eigenvalue weighted by molar-refractivity contribution is 4.94. The fourth-order valence-corrected chi connectivity index (χ4v) is 0.813. The number of terminal acetylenes is 1. The largest absolute Gasteiger partial charge is 0.120 e. The maximum atomic E-state index is 4.78. The summed E-state index contributed by atoms with van der Waals surface area (Å²) in [5.74, 6) is 2.43. The van der Waals surface area contributed by atoms with Crippen LogP contribution in [0.15, 0.2) is 24.8 Å². The SMILES string of the molecule is C#CCC.C=CC=CC.CC.CC.CC.CCCCCCC. The Morgan fingerprint density at radius 3 is 1.23 bits per heavy atom. The molecule has 0 aliphatic carbocycles. The standard InChI is InChI=1S/C7H16.C5H8.C4H6.3C2H6/c1-3-5-7-6-4-2;1-3-5-4-2;1-3-4-2;3*1-2/h3-7H2,1-2H3;3-5H,1H2,2H3;1H,4H2,2H3;3*1-2H3. The van der Waals surface area contributed by atoms with Gasteiger partial charge >= 0.3 is 0 Å². The molecule has 0 aliphatic heterocycles. The van der Waals surface area contributed by atoms with Gasteiger partial charge in [0.15, 0.2) is 0 Å². The maximum Gasteiger partial charge on any atom is 0.00576 e. The van der Waals surface area contributed by atoms with Gasteiger partial charge in [0.25, 0.3) is 0 Å². The van der Waals surface area contributed by atoms with Crippen LogP contribution in [-0.2, 0) is 0 Å². The van der Waals surface area contributed by atoms with E-state index in [-0.39, 0.29) is 0 Å². The molecule has 0 saturated heterocycles. The zero-order chi connectivity index (χ0) is 19.1. The Morgan fingerprint density at radius 2 is 1.14 bits per heavy atom. The second-order valence-electron chi connectivity index (χ2n) is 3.38. The Balaban J connectivity index is -0.0000000381. The third-order valence-electron chi connectivity index (χ3n) is 1.74. The number of allylic oxidation sites excluding steroid dienone is 3. The topological polar surface area (TPSA) is 0 Å². The van der Waals surface area contributed by atoms with E-state index in [4.69, 9.17) is 6.42 Å². The van der Waals surface area contributed by atoms with Gasteiger partial charge in [-0.25, -0.2) is 0 Å². The van der Waals surface area contributed by atoms with Gasteiger partial charge < -0.3 is 0 Å². The molecule has 22 heavy (non-hydrogen) atoms. The van der Waals surface area contributed by atoms with Gasteiger partial charge in [0.05, 0.1) is 0 Å². The van der Waals surface area contributed by atoms with Gasteiger partial charge in [0.1, 0.15) is 0 Å². The van der Waals surface area contributed by atoms with Crippen LogP contribution in [0.5, 0.6) is 0 Å². The number of hydrogen-bond donors (Lipinski definition) is 0. The Morgan fingerprint density at radius 1 is 0.818 bits per heavy atom. The highest BCUT2D eigenvalue weighted by Gasteiger charge is 1.80. The van der Waals surface area contributed by atoms with Gasteiger partial charge in [-0.15, -0.1) is 12.3 Å². The van der Waals surface area contributed by atoms with Crippen LogP contribution in [0.2, 0.25) is 0 Å². The van der Waals surface area contributed by atoms with Crippen molar-refractivity contribution in [3.8, 4) is 12.3 Å². The average molecular weight is 313 g/mol. The minimum atomic E-state index is 0.847. The third-order valence-corrected chi connectivity index (χ3v) is 1.74. The molecule has 0 aromatic rings. The molecule has 136 valence electrons. The maximum absolute atomic E-state index is 4.78. The first-order valence-corrected chi connectivity index (χ1v) is 9.42. The smallest absolute Gasteiger partial charge is 0.00576 e. The fraction of sp³-hybridized carbons (Fsp3) is 0.727. The van der Waals surface area contributed by atoms with Crippen LogP contribution in [0.25, 0.3) is 0 Å². The highest BCUT2D eigenvalue weighted by Crippen LogP contribution is 2.00. The van der Waals surface area contributed by atoms with E-state index in [0.29, 0.717) is 0 Å². The molecule has 0 spiro atoms. The molecular weight excluding hydrogens is 264 g/mol. The summed E-state index contributed by atoms with van der Waals surface area (Å²) in [7, 11) is 0. The minimum Gasteiger partial charge on any atom is -0.120 e. The fourth-order valence-electron chi connectivity index (χ4n) is 0.813. The molecule has 0 amide bonds. The third kappa shape index (κ3) is 170. The van der Waals surface area contributed by atoms with Gasteiger partial charge in [-0.05, 0) is 6.92 Å². The second kappa shape index (κ2) is 88.9. The quantitative estimate of drug-likeness (QED) is 0.270. The van der Waals surface area contributed by atoms with Crippen molar-refractivity contribution in [3.63, 3.8) is 0 Å². The molecule has 0 N–H and O–H groups in total. The van der Waals surface area contributed by atoms with Crippen molar-refractivity contribution in [1.82, 2.24) is 0 Å². The Labute approximate surface area is 145 Å². The number of unbranched alkanes of at least 4 members (excludes halogenated alkanes) is 4. The van der Waals surface area contributed by atoms with E-state index in [1.807, 2.05) is 67.5 Å². The highest BCUT2D eigenvalue weighted by atomic mass is 13.9. The van der Waals surface area contributed by atoms with Crippen LogP contribution in [-0.4, -0.2) is 0 Å². The molecule has 0 aromatic carbocycles. The molecule has 0 heteroatoms. The van der Waals surface area contributed by atoms with Crippen LogP contribution >= 0.6 is 0 Å². The molecule has 0 bridgehead atoms.